The summed E-state index contributed by atoms with van der Waals surface area (Å²) in [6, 6.07) is 14.4. The largest absolute Gasteiger partial charge is 0.489 e. The zero-order valence-electron chi connectivity index (χ0n) is 19.6. The summed E-state index contributed by atoms with van der Waals surface area (Å²) >= 11 is 0. The van der Waals surface area contributed by atoms with Crippen molar-refractivity contribution < 1.29 is 14.7 Å². The first-order valence-corrected chi connectivity index (χ1v) is 11.8. The Labute approximate surface area is 192 Å². The lowest BCUT2D eigenvalue weighted by atomic mass is 10.1. The number of hydroxylamine groups is 1. The summed E-state index contributed by atoms with van der Waals surface area (Å²) in [5.74, 6) is 0.568. The fourth-order valence-electron chi connectivity index (χ4n) is 3.68. The molecule has 0 aliphatic rings. The molecule has 0 spiro atoms. The topological polar surface area (TPSA) is 73.8 Å². The fourth-order valence-corrected chi connectivity index (χ4v) is 3.68. The van der Waals surface area contributed by atoms with E-state index in [1.165, 1.54) is 11.0 Å². The van der Waals surface area contributed by atoms with E-state index in [1.54, 1.807) is 5.48 Å². The van der Waals surface area contributed by atoms with Crippen LogP contribution in [-0.4, -0.2) is 55.3 Å². The molecule has 0 fully saturated rings. The van der Waals surface area contributed by atoms with Crippen LogP contribution in [0.5, 0.6) is 5.75 Å². The normalized spacial score (nSPS) is 11.8. The van der Waals surface area contributed by atoms with Crippen molar-refractivity contribution in [3.8, 4) is 5.75 Å². The molecular weight excluding hydrogens is 402 g/mol. The third kappa shape index (κ3) is 9.39. The second-order valence-electron chi connectivity index (χ2n) is 7.97. The van der Waals surface area contributed by atoms with E-state index < -0.39 is 0 Å². The highest BCUT2D eigenvalue weighted by atomic mass is 16.5. The van der Waals surface area contributed by atoms with Gasteiger partial charge in [-0.2, -0.15) is 0 Å². The summed E-state index contributed by atoms with van der Waals surface area (Å²) in [5.41, 5.74) is 2.90. The molecule has 0 radical (unpaired) electrons. The summed E-state index contributed by atoms with van der Waals surface area (Å²) in [4.78, 5) is 13.6. The van der Waals surface area contributed by atoms with Gasteiger partial charge in [0.25, 0.3) is 0 Å². The number of nitrogens with zero attached hydrogens (tertiary/aromatic N) is 1. The van der Waals surface area contributed by atoms with Gasteiger partial charge in [0.1, 0.15) is 12.4 Å². The average Bonchev–Trinajstić information content (AvgIpc) is 2.83. The number of rotatable bonds is 16. The molecule has 6 heteroatoms. The first kappa shape index (κ1) is 25.8. The molecule has 0 saturated carbocycles. The number of carbonyl (C=O) groups excluding carboxylic acids is 1. The zero-order chi connectivity index (χ0) is 23.0. The maximum atomic E-state index is 11.2. The van der Waals surface area contributed by atoms with Crippen LogP contribution in [0.25, 0.3) is 10.8 Å². The SMILES string of the molecule is CCN(CC)CCCNC/C(=C\CCCCC(=O)NO)COc1cccc2ccccc12. The minimum Gasteiger partial charge on any atom is -0.489 e. The van der Waals surface area contributed by atoms with Crippen LogP contribution in [0.2, 0.25) is 0 Å². The second kappa shape index (κ2) is 15.4. The van der Waals surface area contributed by atoms with E-state index in [2.05, 4.69) is 48.3 Å². The molecule has 176 valence electrons. The Balaban J connectivity index is 1.88. The Morgan fingerprint density at radius 3 is 2.62 bits per heavy atom. The van der Waals surface area contributed by atoms with Crippen LogP contribution in [0.3, 0.4) is 0 Å². The van der Waals surface area contributed by atoms with Gasteiger partial charge in [-0.15, -0.1) is 0 Å². The smallest absolute Gasteiger partial charge is 0.243 e. The maximum absolute atomic E-state index is 11.2. The van der Waals surface area contributed by atoms with Gasteiger partial charge in [0, 0.05) is 18.4 Å². The monoisotopic (exact) mass is 441 g/mol. The molecular formula is C26H39N3O3. The highest BCUT2D eigenvalue weighted by Gasteiger charge is 2.05. The van der Waals surface area contributed by atoms with Crippen LogP contribution in [0, 0.1) is 0 Å². The van der Waals surface area contributed by atoms with E-state index in [9.17, 15) is 4.79 Å². The number of allylic oxidation sites excluding steroid dienone is 1. The first-order chi connectivity index (χ1) is 15.7. The molecule has 0 aliphatic heterocycles. The van der Waals surface area contributed by atoms with Crippen LogP contribution in [-0.2, 0) is 4.79 Å². The van der Waals surface area contributed by atoms with Gasteiger partial charge in [-0.3, -0.25) is 10.0 Å². The van der Waals surface area contributed by atoms with E-state index in [-0.39, 0.29) is 5.91 Å². The van der Waals surface area contributed by atoms with Crippen molar-refractivity contribution in [2.24, 2.45) is 0 Å². The van der Waals surface area contributed by atoms with Crippen LogP contribution >= 0.6 is 0 Å². The fraction of sp³-hybridized carbons (Fsp3) is 0.500. The third-order valence-electron chi connectivity index (χ3n) is 5.65. The Bertz CT molecular complexity index is 829. The predicted molar refractivity (Wildman–Crippen MR) is 131 cm³/mol. The number of unbranched alkanes of at least 4 members (excludes halogenated alkanes) is 2. The quantitative estimate of drug-likeness (QED) is 0.154. The van der Waals surface area contributed by atoms with E-state index in [1.807, 2.05) is 24.3 Å². The van der Waals surface area contributed by atoms with Gasteiger partial charge in [-0.05, 0) is 68.9 Å². The van der Waals surface area contributed by atoms with Gasteiger partial charge in [0.2, 0.25) is 5.91 Å². The van der Waals surface area contributed by atoms with Crippen molar-refractivity contribution in [1.82, 2.24) is 15.7 Å². The summed E-state index contributed by atoms with van der Waals surface area (Å²) in [5, 5.41) is 14.5. The summed E-state index contributed by atoms with van der Waals surface area (Å²) in [6.07, 6.45) is 6.21. The molecule has 3 N–H and O–H groups in total. The minimum absolute atomic E-state index is 0.330. The summed E-state index contributed by atoms with van der Waals surface area (Å²) in [6.45, 7) is 9.99. The Morgan fingerprint density at radius 2 is 1.84 bits per heavy atom. The lowest BCUT2D eigenvalue weighted by Crippen LogP contribution is -2.28. The number of hydrogen-bond acceptors (Lipinski definition) is 5. The molecule has 6 nitrogen and oxygen atoms in total. The van der Waals surface area contributed by atoms with Crippen molar-refractivity contribution in [2.45, 2.75) is 46.0 Å². The Morgan fingerprint density at radius 1 is 1.06 bits per heavy atom. The van der Waals surface area contributed by atoms with E-state index in [0.717, 1.165) is 69.5 Å². The van der Waals surface area contributed by atoms with Gasteiger partial charge < -0.3 is 15.0 Å². The van der Waals surface area contributed by atoms with Crippen molar-refractivity contribution in [1.29, 1.82) is 0 Å². The lowest BCUT2D eigenvalue weighted by Gasteiger charge is -2.18. The highest BCUT2D eigenvalue weighted by molar-refractivity contribution is 5.88. The zero-order valence-corrected chi connectivity index (χ0v) is 19.6. The molecule has 2 aromatic carbocycles. The molecule has 0 aliphatic carbocycles. The second-order valence-corrected chi connectivity index (χ2v) is 7.97. The number of fused-ring (bicyclic) bond motifs is 1. The van der Waals surface area contributed by atoms with Gasteiger partial charge in [0.15, 0.2) is 0 Å². The van der Waals surface area contributed by atoms with E-state index in [0.29, 0.717) is 13.0 Å². The van der Waals surface area contributed by atoms with Crippen molar-refractivity contribution in [3.63, 3.8) is 0 Å². The molecule has 0 atom stereocenters. The predicted octanol–water partition coefficient (Wildman–Crippen LogP) is 4.53. The molecule has 0 bridgehead atoms. The number of carbonyl (C=O) groups is 1. The van der Waals surface area contributed by atoms with Crippen LogP contribution < -0.4 is 15.5 Å². The average molecular weight is 442 g/mol. The van der Waals surface area contributed by atoms with Gasteiger partial charge in [-0.25, -0.2) is 5.48 Å². The third-order valence-corrected chi connectivity index (χ3v) is 5.65. The number of amides is 1. The summed E-state index contributed by atoms with van der Waals surface area (Å²) in [7, 11) is 0. The molecule has 1 amide bonds. The van der Waals surface area contributed by atoms with Crippen LogP contribution in [0.4, 0.5) is 0 Å². The first-order valence-electron chi connectivity index (χ1n) is 11.8. The number of hydrogen-bond donors (Lipinski definition) is 3. The van der Waals surface area contributed by atoms with E-state index >= 15 is 0 Å². The molecule has 2 aromatic rings. The van der Waals surface area contributed by atoms with Crippen LogP contribution in [0.15, 0.2) is 54.1 Å². The molecule has 0 saturated heterocycles. The molecule has 0 aromatic heterocycles. The molecule has 2 rings (SSSR count). The van der Waals surface area contributed by atoms with E-state index in [4.69, 9.17) is 9.94 Å². The van der Waals surface area contributed by atoms with Gasteiger partial charge in [-0.1, -0.05) is 56.3 Å². The minimum atomic E-state index is -0.330. The number of nitrogens with one attached hydrogen (secondary N) is 2. The van der Waals surface area contributed by atoms with Gasteiger partial charge in [0.05, 0.1) is 0 Å². The standard InChI is InChI=1S/C26H39N3O3/c1-3-29(4-2)19-11-18-27-20-22(12-6-5-7-17-26(30)28-31)21-32-25-16-10-14-23-13-8-9-15-24(23)25/h8-10,12-16,27,31H,3-7,11,17-21H2,1-2H3,(H,28,30)/b22-12+. The molecule has 0 heterocycles. The van der Waals surface area contributed by atoms with Crippen LogP contribution in [0.1, 0.15) is 46.0 Å². The van der Waals surface area contributed by atoms with Crippen molar-refractivity contribution in [2.75, 3.05) is 39.3 Å². The highest BCUT2D eigenvalue weighted by Crippen LogP contribution is 2.25. The maximum Gasteiger partial charge on any atom is 0.243 e. The number of ether oxygens (including phenoxy) is 1. The lowest BCUT2D eigenvalue weighted by molar-refractivity contribution is -0.129. The molecule has 32 heavy (non-hydrogen) atoms. The molecule has 0 unspecified atom stereocenters. The van der Waals surface area contributed by atoms with Crippen molar-refractivity contribution in [3.05, 3.63) is 54.1 Å². The Kier molecular flexibility index (Phi) is 12.4. The number of benzene rings is 2. The summed E-state index contributed by atoms with van der Waals surface area (Å²) < 4.78 is 6.21. The van der Waals surface area contributed by atoms with Crippen molar-refractivity contribution >= 4 is 16.7 Å². The van der Waals surface area contributed by atoms with Gasteiger partial charge >= 0.3 is 0 Å². The Hall–Kier alpha value is -2.41.